The Balaban J connectivity index is 1.42. The van der Waals surface area contributed by atoms with E-state index in [0.717, 1.165) is 11.4 Å². The van der Waals surface area contributed by atoms with Gasteiger partial charge in [-0.05, 0) is 69.2 Å². The summed E-state index contributed by atoms with van der Waals surface area (Å²) in [7, 11) is 0. The molecule has 0 spiro atoms. The minimum Gasteiger partial charge on any atom is -0.309 e. The first-order valence-electron chi connectivity index (χ1n) is 13.4. The second-order valence-corrected chi connectivity index (χ2v) is 9.83. The Kier molecular flexibility index (Phi) is 5.88. The predicted octanol–water partition coefficient (Wildman–Crippen LogP) is 10.8. The summed E-state index contributed by atoms with van der Waals surface area (Å²) in [5.41, 5.74) is 8.31. The molecule has 0 aromatic heterocycles. The lowest BCUT2D eigenvalue weighted by molar-refractivity contribution is 1.30. The molecule has 39 heavy (non-hydrogen) atoms. The first kappa shape index (κ1) is 23.0. The molecule has 0 aliphatic carbocycles. The number of anilines is 3. The lowest BCUT2D eigenvalue weighted by Gasteiger charge is -2.29. The molecule has 0 N–H and O–H groups in total. The number of nitrogens with zero attached hydrogens (tertiary/aromatic N) is 1. The normalized spacial score (nSPS) is 11.1. The van der Waals surface area contributed by atoms with E-state index in [-0.39, 0.29) is 0 Å². The highest BCUT2D eigenvalue weighted by Crippen LogP contribution is 2.43. The first-order valence-corrected chi connectivity index (χ1v) is 13.4. The third-order valence-corrected chi connectivity index (χ3v) is 7.43. The zero-order valence-corrected chi connectivity index (χ0v) is 21.5. The number of para-hydroxylation sites is 2. The highest BCUT2D eigenvalue weighted by atomic mass is 15.1. The van der Waals surface area contributed by atoms with E-state index < -0.39 is 0 Å². The molecule has 0 fully saturated rings. The first-order chi connectivity index (χ1) is 19.3. The van der Waals surface area contributed by atoms with E-state index in [1.807, 2.05) is 0 Å². The minimum atomic E-state index is 1.13. The van der Waals surface area contributed by atoms with Crippen LogP contribution in [0.1, 0.15) is 0 Å². The Labute approximate surface area is 229 Å². The number of hydrogen-bond donors (Lipinski definition) is 0. The van der Waals surface area contributed by atoms with Crippen LogP contribution >= 0.6 is 0 Å². The Morgan fingerprint density at radius 1 is 0.333 bits per heavy atom. The molecule has 1 heteroatoms. The van der Waals surface area contributed by atoms with Crippen molar-refractivity contribution in [1.82, 2.24) is 0 Å². The van der Waals surface area contributed by atoms with Crippen molar-refractivity contribution in [2.45, 2.75) is 0 Å². The van der Waals surface area contributed by atoms with Crippen molar-refractivity contribution in [3.05, 3.63) is 164 Å². The number of hydrogen-bond acceptors (Lipinski definition) is 1. The van der Waals surface area contributed by atoms with Crippen LogP contribution in [0.4, 0.5) is 17.1 Å². The van der Waals surface area contributed by atoms with Gasteiger partial charge >= 0.3 is 0 Å². The minimum absolute atomic E-state index is 1.13. The van der Waals surface area contributed by atoms with Gasteiger partial charge in [0.05, 0.1) is 11.4 Å². The molecule has 0 radical (unpaired) electrons. The van der Waals surface area contributed by atoms with E-state index in [2.05, 4.69) is 169 Å². The molecule has 7 aromatic carbocycles. The van der Waals surface area contributed by atoms with Gasteiger partial charge in [0.25, 0.3) is 0 Å². The van der Waals surface area contributed by atoms with Crippen molar-refractivity contribution in [1.29, 1.82) is 0 Å². The van der Waals surface area contributed by atoms with Gasteiger partial charge in [-0.15, -0.1) is 0 Å². The predicted molar refractivity (Wildman–Crippen MR) is 167 cm³/mol. The summed E-state index contributed by atoms with van der Waals surface area (Å²) in [6, 6.07) is 58.7. The van der Waals surface area contributed by atoms with Crippen LogP contribution in [0.25, 0.3) is 43.8 Å². The summed E-state index contributed by atoms with van der Waals surface area (Å²) in [5.74, 6) is 0. The molecule has 0 aliphatic heterocycles. The zero-order chi connectivity index (χ0) is 26.0. The van der Waals surface area contributed by atoms with Crippen LogP contribution in [0.15, 0.2) is 164 Å². The van der Waals surface area contributed by atoms with Gasteiger partial charge in [-0.3, -0.25) is 0 Å². The summed E-state index contributed by atoms with van der Waals surface area (Å²) in [4.78, 5) is 2.39. The Bertz CT molecular complexity index is 1900. The van der Waals surface area contributed by atoms with Crippen molar-refractivity contribution in [3.8, 4) is 22.3 Å². The number of rotatable bonds is 5. The molecular formula is C38H27N. The van der Waals surface area contributed by atoms with Crippen LogP contribution in [0.2, 0.25) is 0 Å². The quantitative estimate of drug-likeness (QED) is 0.229. The Morgan fingerprint density at radius 3 is 1.79 bits per heavy atom. The monoisotopic (exact) mass is 497 g/mol. The summed E-state index contributed by atoms with van der Waals surface area (Å²) < 4.78 is 0. The van der Waals surface area contributed by atoms with Gasteiger partial charge in [0.2, 0.25) is 0 Å². The van der Waals surface area contributed by atoms with Gasteiger partial charge in [-0.25, -0.2) is 0 Å². The molecule has 0 saturated heterocycles. The highest BCUT2D eigenvalue weighted by Gasteiger charge is 2.18. The van der Waals surface area contributed by atoms with Crippen molar-refractivity contribution >= 4 is 38.6 Å². The van der Waals surface area contributed by atoms with Crippen LogP contribution in [0, 0.1) is 0 Å². The fourth-order valence-electron chi connectivity index (χ4n) is 5.53. The van der Waals surface area contributed by atoms with Gasteiger partial charge in [0.15, 0.2) is 0 Å². The zero-order valence-electron chi connectivity index (χ0n) is 21.5. The highest BCUT2D eigenvalue weighted by molar-refractivity contribution is 6.01. The molecule has 0 atom stereocenters. The largest absolute Gasteiger partial charge is 0.309 e. The van der Waals surface area contributed by atoms with Crippen LogP contribution in [-0.2, 0) is 0 Å². The topological polar surface area (TPSA) is 3.24 Å². The molecular weight excluding hydrogens is 470 g/mol. The smallest absolute Gasteiger partial charge is 0.0540 e. The average molecular weight is 498 g/mol. The Morgan fingerprint density at radius 2 is 0.949 bits per heavy atom. The molecule has 184 valence electrons. The molecule has 0 aliphatic rings. The maximum atomic E-state index is 2.39. The van der Waals surface area contributed by atoms with Gasteiger partial charge in [-0.2, -0.15) is 0 Å². The van der Waals surface area contributed by atoms with Crippen molar-refractivity contribution in [3.63, 3.8) is 0 Å². The molecule has 7 aromatic rings. The average Bonchev–Trinajstić information content (AvgIpc) is 3.02. The number of fused-ring (bicyclic) bond motifs is 2. The molecule has 0 heterocycles. The molecule has 1 nitrogen and oxygen atoms in total. The fraction of sp³-hybridized carbons (Fsp3) is 0. The fourth-order valence-corrected chi connectivity index (χ4v) is 5.53. The van der Waals surface area contributed by atoms with E-state index in [1.54, 1.807) is 0 Å². The van der Waals surface area contributed by atoms with Gasteiger partial charge in [-0.1, -0.05) is 127 Å². The van der Waals surface area contributed by atoms with Gasteiger partial charge in [0, 0.05) is 16.6 Å². The van der Waals surface area contributed by atoms with Crippen molar-refractivity contribution < 1.29 is 0 Å². The maximum absolute atomic E-state index is 2.39. The molecule has 0 unspecified atom stereocenters. The van der Waals surface area contributed by atoms with Gasteiger partial charge < -0.3 is 4.90 Å². The molecule has 7 rings (SSSR count). The standard InChI is InChI=1S/C38H27N/c1-3-12-28(13-4-1)31-24-22-29-23-25-32(27-33(29)26-31)36-19-9-10-20-37(36)39(34-16-5-2-6-17-34)38-21-11-15-30-14-7-8-18-35(30)38/h1-27H. The summed E-state index contributed by atoms with van der Waals surface area (Å²) in [6.45, 7) is 0. The van der Waals surface area contributed by atoms with E-state index in [4.69, 9.17) is 0 Å². The van der Waals surface area contributed by atoms with E-state index in [9.17, 15) is 0 Å². The van der Waals surface area contributed by atoms with E-state index in [1.165, 1.54) is 49.5 Å². The molecule has 0 saturated carbocycles. The SMILES string of the molecule is c1ccc(-c2ccc3ccc(-c4ccccc4N(c4ccccc4)c4cccc5ccccc45)cc3c2)cc1. The second-order valence-electron chi connectivity index (χ2n) is 9.83. The van der Waals surface area contributed by atoms with Crippen LogP contribution in [-0.4, -0.2) is 0 Å². The molecule has 0 bridgehead atoms. The second kappa shape index (κ2) is 9.96. The van der Waals surface area contributed by atoms with Crippen LogP contribution in [0.5, 0.6) is 0 Å². The molecule has 0 amide bonds. The number of benzene rings is 7. The third kappa shape index (κ3) is 4.35. The maximum Gasteiger partial charge on any atom is 0.0540 e. The van der Waals surface area contributed by atoms with Crippen molar-refractivity contribution in [2.75, 3.05) is 4.90 Å². The third-order valence-electron chi connectivity index (χ3n) is 7.43. The lowest BCUT2D eigenvalue weighted by atomic mass is 9.96. The van der Waals surface area contributed by atoms with E-state index in [0.29, 0.717) is 0 Å². The van der Waals surface area contributed by atoms with Crippen LogP contribution in [0.3, 0.4) is 0 Å². The summed E-state index contributed by atoms with van der Waals surface area (Å²) in [5, 5.41) is 4.93. The van der Waals surface area contributed by atoms with Crippen molar-refractivity contribution in [2.24, 2.45) is 0 Å². The Hall–Kier alpha value is -5.14. The van der Waals surface area contributed by atoms with Gasteiger partial charge in [0.1, 0.15) is 0 Å². The lowest BCUT2D eigenvalue weighted by Crippen LogP contribution is -2.11. The van der Waals surface area contributed by atoms with Crippen LogP contribution < -0.4 is 4.90 Å². The summed E-state index contributed by atoms with van der Waals surface area (Å²) in [6.07, 6.45) is 0. The summed E-state index contributed by atoms with van der Waals surface area (Å²) >= 11 is 0. The van der Waals surface area contributed by atoms with E-state index >= 15 is 0 Å².